The molecule has 0 amide bonds. The molecule has 0 saturated carbocycles. The van der Waals surface area contributed by atoms with Crippen LogP contribution in [-0.2, 0) is 16.3 Å². The fourth-order valence-electron chi connectivity index (χ4n) is 2.20. The number of nitrogens with two attached hydrogens (primary N) is 1. The number of para-hydroxylation sites is 1. The summed E-state index contributed by atoms with van der Waals surface area (Å²) in [5, 5.41) is 0. The second-order valence-electron chi connectivity index (χ2n) is 4.97. The Kier molecular flexibility index (Phi) is 3.92. The molecular formula is C13H19NO3S. The van der Waals surface area contributed by atoms with E-state index in [0.29, 0.717) is 13.0 Å². The van der Waals surface area contributed by atoms with E-state index in [-0.39, 0.29) is 23.5 Å². The molecule has 1 aromatic carbocycles. The molecule has 2 atom stereocenters. The van der Waals surface area contributed by atoms with Crippen molar-refractivity contribution >= 4 is 9.84 Å². The molecule has 1 heterocycles. The molecule has 1 aliphatic heterocycles. The highest BCUT2D eigenvalue weighted by atomic mass is 32.2. The summed E-state index contributed by atoms with van der Waals surface area (Å²) in [6.07, 6.45) is 0.421. The summed E-state index contributed by atoms with van der Waals surface area (Å²) < 4.78 is 29.6. The average molecular weight is 269 g/mol. The molecule has 100 valence electrons. The zero-order chi connectivity index (χ0) is 13.2. The standard InChI is InChI=1S/C13H19NO3S/c1-10(7-14)8-18(15,16)9-12-6-11-4-2-3-5-13(11)17-12/h2-5,10,12H,6-9,14H2,1H3. The van der Waals surface area contributed by atoms with Gasteiger partial charge in [0.05, 0.1) is 11.5 Å². The van der Waals surface area contributed by atoms with Crippen molar-refractivity contribution in [3.8, 4) is 5.75 Å². The van der Waals surface area contributed by atoms with E-state index in [4.69, 9.17) is 10.5 Å². The number of fused-ring (bicyclic) bond motifs is 1. The molecule has 4 nitrogen and oxygen atoms in total. The van der Waals surface area contributed by atoms with Crippen LogP contribution in [0.4, 0.5) is 0 Å². The van der Waals surface area contributed by atoms with Crippen molar-refractivity contribution in [3.63, 3.8) is 0 Å². The van der Waals surface area contributed by atoms with Crippen molar-refractivity contribution in [2.75, 3.05) is 18.1 Å². The Bertz CT molecular complexity index is 488. The largest absolute Gasteiger partial charge is 0.489 e. The smallest absolute Gasteiger partial charge is 0.154 e. The lowest BCUT2D eigenvalue weighted by Crippen LogP contribution is -2.30. The molecule has 0 aliphatic carbocycles. The first kappa shape index (κ1) is 13.4. The van der Waals surface area contributed by atoms with Crippen molar-refractivity contribution in [2.24, 2.45) is 11.7 Å². The van der Waals surface area contributed by atoms with Gasteiger partial charge >= 0.3 is 0 Å². The van der Waals surface area contributed by atoms with E-state index in [1.807, 2.05) is 31.2 Å². The van der Waals surface area contributed by atoms with Crippen molar-refractivity contribution in [2.45, 2.75) is 19.4 Å². The van der Waals surface area contributed by atoms with Crippen LogP contribution in [0.3, 0.4) is 0 Å². The molecule has 0 spiro atoms. The molecule has 2 N–H and O–H groups in total. The zero-order valence-electron chi connectivity index (χ0n) is 10.5. The van der Waals surface area contributed by atoms with Gasteiger partial charge in [-0.1, -0.05) is 25.1 Å². The normalized spacial score (nSPS) is 20.2. The van der Waals surface area contributed by atoms with Gasteiger partial charge in [0.15, 0.2) is 9.84 Å². The fourth-order valence-corrected chi connectivity index (χ4v) is 4.09. The van der Waals surface area contributed by atoms with E-state index < -0.39 is 9.84 Å². The highest BCUT2D eigenvalue weighted by Crippen LogP contribution is 2.28. The predicted molar refractivity (Wildman–Crippen MR) is 71.4 cm³/mol. The van der Waals surface area contributed by atoms with Gasteiger partial charge in [0, 0.05) is 6.42 Å². The summed E-state index contributed by atoms with van der Waals surface area (Å²) in [5.41, 5.74) is 6.55. The number of rotatable bonds is 5. The van der Waals surface area contributed by atoms with Crippen LogP contribution in [0.1, 0.15) is 12.5 Å². The van der Waals surface area contributed by atoms with Gasteiger partial charge in [-0.3, -0.25) is 0 Å². The number of sulfone groups is 1. The summed E-state index contributed by atoms with van der Waals surface area (Å²) in [5.74, 6) is 1.02. The van der Waals surface area contributed by atoms with Crippen LogP contribution in [0.15, 0.2) is 24.3 Å². The maximum Gasteiger partial charge on any atom is 0.154 e. The molecule has 0 radical (unpaired) electrons. The molecule has 2 rings (SSSR count). The highest BCUT2D eigenvalue weighted by molar-refractivity contribution is 7.91. The highest BCUT2D eigenvalue weighted by Gasteiger charge is 2.28. The summed E-state index contributed by atoms with van der Waals surface area (Å²) in [7, 11) is -3.10. The number of benzene rings is 1. The van der Waals surface area contributed by atoms with E-state index in [9.17, 15) is 8.42 Å². The van der Waals surface area contributed by atoms with Gasteiger partial charge in [-0.25, -0.2) is 8.42 Å². The lowest BCUT2D eigenvalue weighted by Gasteiger charge is -2.13. The Morgan fingerprint density at radius 1 is 1.44 bits per heavy atom. The van der Waals surface area contributed by atoms with Crippen LogP contribution in [0.2, 0.25) is 0 Å². The third-order valence-corrected chi connectivity index (χ3v) is 5.05. The third-order valence-electron chi connectivity index (χ3n) is 3.09. The molecule has 2 unspecified atom stereocenters. The minimum atomic E-state index is -3.10. The topological polar surface area (TPSA) is 69.4 Å². The Morgan fingerprint density at radius 2 is 2.17 bits per heavy atom. The lowest BCUT2D eigenvalue weighted by atomic mass is 10.1. The van der Waals surface area contributed by atoms with Crippen LogP contribution in [0.25, 0.3) is 0 Å². The first-order valence-electron chi connectivity index (χ1n) is 6.15. The summed E-state index contributed by atoms with van der Waals surface area (Å²) >= 11 is 0. The Labute approximate surface area is 108 Å². The average Bonchev–Trinajstić information content (AvgIpc) is 2.68. The summed E-state index contributed by atoms with van der Waals surface area (Å²) in [4.78, 5) is 0. The van der Waals surface area contributed by atoms with Crippen LogP contribution >= 0.6 is 0 Å². The van der Waals surface area contributed by atoms with Crippen LogP contribution in [0, 0.1) is 5.92 Å². The molecule has 18 heavy (non-hydrogen) atoms. The van der Waals surface area contributed by atoms with Gasteiger partial charge in [0.1, 0.15) is 11.9 Å². The van der Waals surface area contributed by atoms with Crippen molar-refractivity contribution in [1.82, 2.24) is 0 Å². The summed E-state index contributed by atoms with van der Waals surface area (Å²) in [6, 6.07) is 7.69. The third kappa shape index (κ3) is 3.23. The molecule has 1 aromatic rings. The van der Waals surface area contributed by atoms with Crippen molar-refractivity contribution < 1.29 is 13.2 Å². The van der Waals surface area contributed by atoms with Gasteiger partial charge in [-0.05, 0) is 24.1 Å². The van der Waals surface area contributed by atoms with Gasteiger partial charge in [-0.15, -0.1) is 0 Å². The first-order chi connectivity index (χ1) is 8.50. The van der Waals surface area contributed by atoms with E-state index >= 15 is 0 Å². The van der Waals surface area contributed by atoms with Gasteiger partial charge in [0.2, 0.25) is 0 Å². The van der Waals surface area contributed by atoms with Gasteiger partial charge in [-0.2, -0.15) is 0 Å². The molecule has 0 aromatic heterocycles. The minimum absolute atomic E-state index is 0.00113. The van der Waals surface area contributed by atoms with Gasteiger partial charge in [0.25, 0.3) is 0 Å². The molecule has 0 fully saturated rings. The van der Waals surface area contributed by atoms with E-state index in [0.717, 1.165) is 11.3 Å². The van der Waals surface area contributed by atoms with E-state index in [1.165, 1.54) is 0 Å². The van der Waals surface area contributed by atoms with Crippen LogP contribution in [0.5, 0.6) is 5.75 Å². The second kappa shape index (κ2) is 5.28. The quantitative estimate of drug-likeness (QED) is 0.866. The Balaban J connectivity index is 1.97. The van der Waals surface area contributed by atoms with E-state index in [1.54, 1.807) is 0 Å². The second-order valence-corrected chi connectivity index (χ2v) is 7.12. The van der Waals surface area contributed by atoms with Crippen molar-refractivity contribution in [3.05, 3.63) is 29.8 Å². The number of hydrogen-bond donors (Lipinski definition) is 1. The molecule has 5 heteroatoms. The van der Waals surface area contributed by atoms with Crippen LogP contribution in [-0.4, -0.2) is 32.6 Å². The SMILES string of the molecule is CC(CN)CS(=O)(=O)CC1Cc2ccccc2O1. The predicted octanol–water partition coefficient (Wildman–Crippen LogP) is 1.000. The maximum atomic E-state index is 12.0. The minimum Gasteiger partial charge on any atom is -0.489 e. The Morgan fingerprint density at radius 3 is 2.83 bits per heavy atom. The first-order valence-corrected chi connectivity index (χ1v) is 7.97. The Hall–Kier alpha value is -1.07. The van der Waals surface area contributed by atoms with Crippen molar-refractivity contribution in [1.29, 1.82) is 0 Å². The number of ether oxygens (including phenoxy) is 1. The molecule has 0 saturated heterocycles. The fraction of sp³-hybridized carbons (Fsp3) is 0.538. The zero-order valence-corrected chi connectivity index (χ0v) is 11.3. The van der Waals surface area contributed by atoms with Crippen LogP contribution < -0.4 is 10.5 Å². The molecule has 0 bridgehead atoms. The lowest BCUT2D eigenvalue weighted by molar-refractivity contribution is 0.256. The monoisotopic (exact) mass is 269 g/mol. The number of hydrogen-bond acceptors (Lipinski definition) is 4. The molecular weight excluding hydrogens is 250 g/mol. The van der Waals surface area contributed by atoms with Gasteiger partial charge < -0.3 is 10.5 Å². The molecule has 1 aliphatic rings. The summed E-state index contributed by atoms with van der Waals surface area (Å²) in [6.45, 7) is 2.24. The maximum absolute atomic E-state index is 12.0. The van der Waals surface area contributed by atoms with E-state index in [2.05, 4.69) is 0 Å².